The number of aromatic nitrogens is 5. The number of nitrogens with two attached hydrogens (primary N) is 1. The molecule has 0 radical (unpaired) electrons. The third-order valence-electron chi connectivity index (χ3n) is 5.65. The molecule has 0 bridgehead atoms. The summed E-state index contributed by atoms with van der Waals surface area (Å²) in [5.41, 5.74) is 10.00. The van der Waals surface area contributed by atoms with Gasteiger partial charge < -0.3 is 25.3 Å². The second-order valence-corrected chi connectivity index (χ2v) is 8.17. The summed E-state index contributed by atoms with van der Waals surface area (Å²) in [5.74, 6) is 0.442. The molecule has 0 saturated carbocycles. The van der Waals surface area contributed by atoms with E-state index in [0.717, 1.165) is 35.0 Å². The highest BCUT2D eigenvalue weighted by atomic mass is 35.5. The van der Waals surface area contributed by atoms with Crippen molar-refractivity contribution in [3.8, 4) is 0 Å². The lowest BCUT2D eigenvalue weighted by atomic mass is 9.99. The number of carbonyl (C=O) groups is 1. The first-order chi connectivity index (χ1) is 15.1. The Bertz CT molecular complexity index is 1260. The van der Waals surface area contributed by atoms with E-state index in [-0.39, 0.29) is 11.8 Å². The maximum Gasteiger partial charge on any atom is 0.223 e. The summed E-state index contributed by atoms with van der Waals surface area (Å²) in [7, 11) is 0. The van der Waals surface area contributed by atoms with E-state index in [1.54, 1.807) is 6.33 Å². The van der Waals surface area contributed by atoms with Gasteiger partial charge in [0.15, 0.2) is 11.5 Å². The number of ether oxygens (including phenoxy) is 1. The summed E-state index contributed by atoms with van der Waals surface area (Å²) in [6, 6.07) is 5.84. The fraction of sp³-hybridized carbons (Fsp3) is 0.333. The first-order valence-corrected chi connectivity index (χ1v) is 10.5. The molecule has 4 heterocycles. The van der Waals surface area contributed by atoms with E-state index in [1.165, 1.54) is 6.33 Å². The van der Waals surface area contributed by atoms with Gasteiger partial charge in [0.2, 0.25) is 5.91 Å². The smallest absolute Gasteiger partial charge is 0.223 e. The SMILES string of the molecule is Nc1ncnc2c1ncn2Cc1cc(Cl)cc2cc(CNC(=O)C3CCOCC3)[nH]c12. The van der Waals surface area contributed by atoms with Gasteiger partial charge in [0.25, 0.3) is 0 Å². The van der Waals surface area contributed by atoms with Crippen molar-refractivity contribution in [3.63, 3.8) is 0 Å². The summed E-state index contributed by atoms with van der Waals surface area (Å²) < 4.78 is 7.24. The van der Waals surface area contributed by atoms with Crippen LogP contribution in [0.15, 0.2) is 30.9 Å². The molecule has 31 heavy (non-hydrogen) atoms. The van der Waals surface area contributed by atoms with Crippen LogP contribution in [0.1, 0.15) is 24.1 Å². The Labute approximate surface area is 183 Å². The predicted molar refractivity (Wildman–Crippen MR) is 118 cm³/mol. The maximum atomic E-state index is 12.4. The lowest BCUT2D eigenvalue weighted by Crippen LogP contribution is -2.33. The molecule has 160 valence electrons. The predicted octanol–water partition coefficient (Wildman–Crippen LogP) is 2.63. The number of H-pyrrole nitrogens is 1. The molecule has 4 N–H and O–H groups in total. The van der Waals surface area contributed by atoms with Crippen LogP contribution < -0.4 is 11.1 Å². The number of nitrogens with one attached hydrogen (secondary N) is 2. The van der Waals surface area contributed by atoms with Gasteiger partial charge >= 0.3 is 0 Å². The first-order valence-electron chi connectivity index (χ1n) is 10.2. The molecule has 1 aromatic carbocycles. The maximum absolute atomic E-state index is 12.4. The zero-order chi connectivity index (χ0) is 21.4. The molecule has 10 heteroatoms. The van der Waals surface area contributed by atoms with Gasteiger partial charge in [-0.25, -0.2) is 15.0 Å². The zero-order valence-corrected chi connectivity index (χ0v) is 17.5. The van der Waals surface area contributed by atoms with Crippen molar-refractivity contribution in [3.05, 3.63) is 47.1 Å². The number of hydrogen-bond donors (Lipinski definition) is 3. The molecule has 1 fully saturated rings. The number of fused-ring (bicyclic) bond motifs is 2. The average molecular weight is 440 g/mol. The van der Waals surface area contributed by atoms with Gasteiger partial charge in [-0.05, 0) is 36.6 Å². The summed E-state index contributed by atoms with van der Waals surface area (Å²) in [6.45, 7) is 2.23. The number of nitrogen functional groups attached to an aromatic ring is 1. The first kappa shape index (κ1) is 19.8. The van der Waals surface area contributed by atoms with Crippen LogP contribution in [0.2, 0.25) is 5.02 Å². The molecule has 1 aliphatic heterocycles. The van der Waals surface area contributed by atoms with E-state index >= 15 is 0 Å². The Morgan fingerprint density at radius 2 is 2.10 bits per heavy atom. The van der Waals surface area contributed by atoms with Crippen LogP contribution in [0, 0.1) is 5.92 Å². The number of aromatic amines is 1. The number of halogens is 1. The Kier molecular flexibility index (Phi) is 5.21. The molecule has 1 saturated heterocycles. The van der Waals surface area contributed by atoms with Crippen molar-refractivity contribution in [1.29, 1.82) is 0 Å². The molecule has 3 aromatic heterocycles. The van der Waals surface area contributed by atoms with Crippen molar-refractivity contribution in [2.75, 3.05) is 18.9 Å². The van der Waals surface area contributed by atoms with Gasteiger partial charge in [0, 0.05) is 35.2 Å². The Morgan fingerprint density at radius 1 is 1.26 bits per heavy atom. The van der Waals surface area contributed by atoms with Crippen LogP contribution in [0.4, 0.5) is 5.82 Å². The molecule has 9 nitrogen and oxygen atoms in total. The Hall–Kier alpha value is -3.17. The molecule has 5 rings (SSSR count). The van der Waals surface area contributed by atoms with E-state index in [1.807, 2.05) is 22.8 Å². The minimum absolute atomic E-state index is 0.0204. The van der Waals surface area contributed by atoms with E-state index in [4.69, 9.17) is 22.1 Å². The number of rotatable bonds is 5. The highest BCUT2D eigenvalue weighted by Crippen LogP contribution is 2.27. The van der Waals surface area contributed by atoms with Crippen LogP contribution >= 0.6 is 11.6 Å². The number of imidazole rings is 1. The van der Waals surface area contributed by atoms with E-state index in [2.05, 4.69) is 25.3 Å². The topological polar surface area (TPSA) is 124 Å². The largest absolute Gasteiger partial charge is 0.382 e. The molecule has 0 aliphatic carbocycles. The number of hydrogen-bond acceptors (Lipinski definition) is 6. The van der Waals surface area contributed by atoms with Crippen LogP contribution in [0.3, 0.4) is 0 Å². The van der Waals surface area contributed by atoms with Gasteiger partial charge in [-0.1, -0.05) is 11.6 Å². The number of carbonyl (C=O) groups excluding carboxylic acids is 1. The molecule has 0 spiro atoms. The quantitative estimate of drug-likeness (QED) is 0.439. The minimum Gasteiger partial charge on any atom is -0.382 e. The monoisotopic (exact) mass is 439 g/mol. The molecule has 0 atom stereocenters. The van der Waals surface area contributed by atoms with Crippen LogP contribution in [0.5, 0.6) is 0 Å². The fourth-order valence-corrected chi connectivity index (χ4v) is 4.29. The van der Waals surface area contributed by atoms with Gasteiger partial charge in [-0.15, -0.1) is 0 Å². The molecule has 1 aliphatic rings. The normalized spacial score (nSPS) is 15.0. The molecule has 4 aromatic rings. The summed E-state index contributed by atoms with van der Waals surface area (Å²) >= 11 is 6.38. The summed E-state index contributed by atoms with van der Waals surface area (Å²) in [6.07, 6.45) is 4.66. The van der Waals surface area contributed by atoms with Crippen molar-refractivity contribution in [2.45, 2.75) is 25.9 Å². The summed E-state index contributed by atoms with van der Waals surface area (Å²) in [5, 5.41) is 4.65. The second kappa shape index (κ2) is 8.16. The summed E-state index contributed by atoms with van der Waals surface area (Å²) in [4.78, 5) is 28.5. The van der Waals surface area contributed by atoms with Gasteiger partial charge in [-0.2, -0.15) is 0 Å². The lowest BCUT2D eigenvalue weighted by Gasteiger charge is -2.21. The Morgan fingerprint density at radius 3 is 2.94 bits per heavy atom. The van der Waals surface area contributed by atoms with E-state index in [0.29, 0.717) is 48.3 Å². The zero-order valence-electron chi connectivity index (χ0n) is 16.8. The standard InChI is InChI=1S/C21H22ClN7O2/c22-15-5-13-7-16(8-24-21(30)12-1-3-31-4-2-12)28-17(13)14(6-15)9-29-11-27-18-19(23)25-10-26-20(18)29/h5-7,10-12,28H,1-4,8-9H2,(H,24,30)(H2,23,25,26). The van der Waals surface area contributed by atoms with Gasteiger partial charge in [0.05, 0.1) is 24.9 Å². The highest BCUT2D eigenvalue weighted by Gasteiger charge is 2.21. The lowest BCUT2D eigenvalue weighted by molar-refractivity contribution is -0.128. The third kappa shape index (κ3) is 3.94. The van der Waals surface area contributed by atoms with E-state index in [9.17, 15) is 4.79 Å². The number of amides is 1. The van der Waals surface area contributed by atoms with Crippen molar-refractivity contribution in [1.82, 2.24) is 29.8 Å². The average Bonchev–Trinajstić information content (AvgIpc) is 3.37. The third-order valence-corrected chi connectivity index (χ3v) is 5.86. The number of benzene rings is 1. The van der Waals surface area contributed by atoms with Crippen molar-refractivity contribution >= 4 is 45.4 Å². The molecule has 0 unspecified atom stereocenters. The molecular weight excluding hydrogens is 418 g/mol. The minimum atomic E-state index is 0.0204. The van der Waals surface area contributed by atoms with Crippen LogP contribution in [-0.2, 0) is 22.6 Å². The molecule has 1 amide bonds. The fourth-order valence-electron chi connectivity index (χ4n) is 4.04. The number of anilines is 1. The highest BCUT2D eigenvalue weighted by molar-refractivity contribution is 6.31. The van der Waals surface area contributed by atoms with Crippen LogP contribution in [-0.4, -0.2) is 43.6 Å². The van der Waals surface area contributed by atoms with Crippen molar-refractivity contribution < 1.29 is 9.53 Å². The van der Waals surface area contributed by atoms with Crippen LogP contribution in [0.25, 0.3) is 22.1 Å². The van der Waals surface area contributed by atoms with Gasteiger partial charge in [0.1, 0.15) is 11.8 Å². The van der Waals surface area contributed by atoms with Gasteiger partial charge in [-0.3, -0.25) is 4.79 Å². The number of nitrogens with zero attached hydrogens (tertiary/aromatic N) is 4. The Balaban J connectivity index is 1.39. The second-order valence-electron chi connectivity index (χ2n) is 7.73. The van der Waals surface area contributed by atoms with E-state index < -0.39 is 0 Å². The van der Waals surface area contributed by atoms with Crippen molar-refractivity contribution in [2.24, 2.45) is 5.92 Å². The molecular formula is C21H22ClN7O2.